The second kappa shape index (κ2) is 8.40. The maximum Gasteiger partial charge on any atom is 0.243 e. The Morgan fingerprint density at radius 3 is 2.03 bits per heavy atom. The lowest BCUT2D eigenvalue weighted by Crippen LogP contribution is -2.56. The van der Waals surface area contributed by atoms with E-state index in [9.17, 15) is 21.6 Å². The number of hydrogen-bond acceptors (Lipinski definition) is 5. The largest absolute Gasteiger partial charge is 0.325 e. The fourth-order valence-electron chi connectivity index (χ4n) is 6.59. The maximum absolute atomic E-state index is 13.4. The van der Waals surface area contributed by atoms with Crippen LogP contribution in [0.1, 0.15) is 57.9 Å². The first kappa shape index (κ1) is 23.7. The highest BCUT2D eigenvalue weighted by Crippen LogP contribution is 2.58. The topological polar surface area (TPSA) is 101 Å². The lowest BCUT2D eigenvalue weighted by molar-refractivity contribution is -0.114. The first-order chi connectivity index (χ1) is 15.0. The molecule has 4 fully saturated rings. The van der Waals surface area contributed by atoms with Gasteiger partial charge in [-0.1, -0.05) is 19.9 Å². The van der Waals surface area contributed by atoms with E-state index < -0.39 is 36.3 Å². The molecule has 5 rings (SSSR count). The van der Waals surface area contributed by atoms with Crippen LogP contribution in [0.2, 0.25) is 0 Å². The number of rotatable bonds is 8. The smallest absolute Gasteiger partial charge is 0.243 e. The van der Waals surface area contributed by atoms with Gasteiger partial charge in [-0.25, -0.2) is 16.8 Å². The van der Waals surface area contributed by atoms with Gasteiger partial charge in [0.1, 0.15) is 5.75 Å². The van der Waals surface area contributed by atoms with Gasteiger partial charge in [0.2, 0.25) is 15.9 Å². The van der Waals surface area contributed by atoms with Gasteiger partial charge in [-0.15, -0.1) is 0 Å². The van der Waals surface area contributed by atoms with E-state index in [4.69, 9.17) is 0 Å². The van der Waals surface area contributed by atoms with Crippen molar-refractivity contribution >= 4 is 31.5 Å². The molecule has 1 aromatic rings. The number of nitrogens with zero attached hydrogens (tertiary/aromatic N) is 1. The number of aryl methyl sites for hydroxylation is 1. The molecule has 0 unspecified atom stereocenters. The summed E-state index contributed by atoms with van der Waals surface area (Å²) in [5.74, 6) is 0.276. The zero-order valence-electron chi connectivity index (χ0n) is 19.1. The summed E-state index contributed by atoms with van der Waals surface area (Å²) in [6, 6.07) is 4.68. The van der Waals surface area contributed by atoms with E-state index in [1.165, 1.54) is 10.4 Å². The van der Waals surface area contributed by atoms with E-state index in [0.717, 1.165) is 19.3 Å². The van der Waals surface area contributed by atoms with Gasteiger partial charge in [-0.05, 0) is 80.9 Å². The van der Waals surface area contributed by atoms with E-state index in [1.54, 1.807) is 32.9 Å². The van der Waals surface area contributed by atoms with E-state index in [1.807, 2.05) is 0 Å². The Morgan fingerprint density at radius 2 is 1.53 bits per heavy atom. The third-order valence-corrected chi connectivity index (χ3v) is 12.4. The van der Waals surface area contributed by atoms with Gasteiger partial charge in [-0.2, -0.15) is 4.31 Å². The van der Waals surface area contributed by atoms with Gasteiger partial charge in [0, 0.05) is 18.8 Å². The van der Waals surface area contributed by atoms with E-state index in [2.05, 4.69) is 5.32 Å². The molecular formula is C23H34N2O5S2. The normalized spacial score (nSPS) is 29.4. The van der Waals surface area contributed by atoms with Crippen molar-refractivity contribution in [2.24, 2.45) is 17.8 Å². The molecule has 4 aliphatic carbocycles. The molecule has 0 aliphatic heterocycles. The van der Waals surface area contributed by atoms with Crippen molar-refractivity contribution in [2.45, 2.75) is 68.9 Å². The Morgan fingerprint density at radius 1 is 1.00 bits per heavy atom. The summed E-state index contributed by atoms with van der Waals surface area (Å²) in [6.45, 7) is 5.95. The quantitative estimate of drug-likeness (QED) is 0.612. The number of carbonyl (C=O) groups excluding carboxylic acids is 1. The van der Waals surface area contributed by atoms with Crippen LogP contribution in [0.25, 0.3) is 0 Å². The highest BCUT2D eigenvalue weighted by Gasteiger charge is 2.57. The summed E-state index contributed by atoms with van der Waals surface area (Å²) in [7, 11) is -7.30. The summed E-state index contributed by atoms with van der Waals surface area (Å²) < 4.78 is 53.3. The van der Waals surface area contributed by atoms with Crippen molar-refractivity contribution in [1.82, 2.24) is 4.31 Å². The molecule has 9 heteroatoms. The van der Waals surface area contributed by atoms with Crippen molar-refractivity contribution in [1.29, 1.82) is 0 Å². The molecule has 0 aromatic heterocycles. The van der Waals surface area contributed by atoms with E-state index in [0.29, 0.717) is 61.4 Å². The molecule has 0 saturated heterocycles. The van der Waals surface area contributed by atoms with Gasteiger partial charge in [0.15, 0.2) is 9.84 Å². The van der Waals surface area contributed by atoms with Gasteiger partial charge < -0.3 is 5.32 Å². The predicted octanol–water partition coefficient (Wildman–Crippen LogP) is 3.35. The Bertz CT molecular complexity index is 1070. The van der Waals surface area contributed by atoms with Crippen LogP contribution in [0.4, 0.5) is 5.69 Å². The zero-order valence-corrected chi connectivity index (χ0v) is 20.8. The fourth-order valence-corrected chi connectivity index (χ4v) is 10.5. The van der Waals surface area contributed by atoms with Crippen LogP contribution in [0, 0.1) is 24.7 Å². The van der Waals surface area contributed by atoms with Crippen LogP contribution in [0.5, 0.6) is 0 Å². The predicted molar refractivity (Wildman–Crippen MR) is 125 cm³/mol. The van der Waals surface area contributed by atoms with Crippen molar-refractivity contribution in [3.05, 3.63) is 23.8 Å². The zero-order chi connectivity index (χ0) is 23.3. The number of sulfone groups is 1. The highest BCUT2D eigenvalue weighted by atomic mass is 32.2. The van der Waals surface area contributed by atoms with Crippen LogP contribution in [-0.4, -0.2) is 50.6 Å². The molecule has 4 aliphatic rings. The van der Waals surface area contributed by atoms with Gasteiger partial charge in [0.25, 0.3) is 0 Å². The first-order valence-electron chi connectivity index (χ1n) is 11.6. The molecule has 1 N–H and O–H groups in total. The number of anilines is 1. The lowest BCUT2D eigenvalue weighted by atomic mass is 9.56. The number of amides is 1. The molecule has 4 saturated carbocycles. The van der Waals surface area contributed by atoms with Crippen molar-refractivity contribution in [3.63, 3.8) is 0 Å². The molecule has 0 radical (unpaired) electrons. The molecule has 32 heavy (non-hydrogen) atoms. The summed E-state index contributed by atoms with van der Waals surface area (Å²) in [6.07, 6.45) is 5.46. The van der Waals surface area contributed by atoms with Gasteiger partial charge >= 0.3 is 0 Å². The average Bonchev–Trinajstić information content (AvgIpc) is 2.68. The third kappa shape index (κ3) is 4.12. The van der Waals surface area contributed by atoms with Gasteiger partial charge in [0.05, 0.1) is 9.64 Å². The summed E-state index contributed by atoms with van der Waals surface area (Å²) in [4.78, 5) is 12.9. The highest BCUT2D eigenvalue weighted by molar-refractivity contribution is 7.93. The molecule has 0 heterocycles. The van der Waals surface area contributed by atoms with Crippen LogP contribution in [-0.2, 0) is 24.7 Å². The molecule has 7 nitrogen and oxygen atoms in total. The Labute approximate surface area is 191 Å². The van der Waals surface area contributed by atoms with Gasteiger partial charge in [-0.3, -0.25) is 4.79 Å². The standard InChI is InChI=1S/C23H34N2O5S2/c1-4-25(5-2)32(29,30)21-11-20(7-6-16(21)3)24-22(26)15-31(27,28)23-12-17-8-18(13-23)10-19(9-17)14-23/h6-7,11,17-19H,4-5,8-10,12-15H2,1-3H3,(H,24,26). The molecule has 0 spiro atoms. The Kier molecular flexibility index (Phi) is 6.22. The number of nitrogens with one attached hydrogen (secondary N) is 1. The summed E-state index contributed by atoms with van der Waals surface area (Å²) >= 11 is 0. The van der Waals surface area contributed by atoms with Crippen molar-refractivity contribution in [2.75, 3.05) is 24.2 Å². The number of carbonyl (C=O) groups is 1. The molecule has 1 amide bonds. The average molecular weight is 483 g/mol. The summed E-state index contributed by atoms with van der Waals surface area (Å²) in [5.41, 5.74) is 0.878. The number of sulfonamides is 1. The SMILES string of the molecule is CCN(CC)S(=O)(=O)c1cc(NC(=O)CS(=O)(=O)C23CC4CC(CC(C4)C2)C3)ccc1C. The molecule has 1 aromatic carbocycles. The number of hydrogen-bond donors (Lipinski definition) is 1. The molecule has 178 valence electrons. The van der Waals surface area contributed by atoms with Crippen molar-refractivity contribution in [3.8, 4) is 0 Å². The monoisotopic (exact) mass is 482 g/mol. The Balaban J connectivity index is 1.51. The molecule has 0 atom stereocenters. The van der Waals surface area contributed by atoms with Crippen LogP contribution in [0.3, 0.4) is 0 Å². The first-order valence-corrected chi connectivity index (χ1v) is 14.7. The second-order valence-electron chi connectivity index (χ2n) is 9.98. The van der Waals surface area contributed by atoms with Crippen LogP contribution >= 0.6 is 0 Å². The van der Waals surface area contributed by atoms with Crippen LogP contribution in [0.15, 0.2) is 23.1 Å². The Hall–Kier alpha value is -1.45. The minimum atomic E-state index is -3.69. The maximum atomic E-state index is 13.4. The fraction of sp³-hybridized carbons (Fsp3) is 0.696. The summed E-state index contributed by atoms with van der Waals surface area (Å²) in [5, 5.41) is 2.64. The second-order valence-corrected chi connectivity index (χ2v) is 14.3. The van der Waals surface area contributed by atoms with E-state index in [-0.39, 0.29) is 4.90 Å². The minimum absolute atomic E-state index is 0.128. The molecule has 4 bridgehead atoms. The van der Waals surface area contributed by atoms with E-state index >= 15 is 0 Å². The molecular weight excluding hydrogens is 448 g/mol. The van der Waals surface area contributed by atoms with Crippen molar-refractivity contribution < 1.29 is 21.6 Å². The number of benzene rings is 1. The third-order valence-electron chi connectivity index (χ3n) is 7.76. The van der Waals surface area contributed by atoms with Crippen LogP contribution < -0.4 is 5.32 Å². The minimum Gasteiger partial charge on any atom is -0.325 e. The lowest BCUT2D eigenvalue weighted by Gasteiger charge is -2.55.